The number of rotatable bonds is 33. The van der Waals surface area contributed by atoms with Crippen molar-refractivity contribution in [2.24, 2.45) is 0 Å². The largest absolute Gasteiger partial charge is 0.476 e. The maximum atomic E-state index is 11.3. The van der Waals surface area contributed by atoms with Crippen LogP contribution in [0.5, 0.6) is 0 Å². The molecule has 2 N–H and O–H groups in total. The lowest BCUT2D eigenvalue weighted by Crippen LogP contribution is -2.17. The highest BCUT2D eigenvalue weighted by molar-refractivity contribution is 6.32. The van der Waals surface area contributed by atoms with Crippen LogP contribution in [0.2, 0.25) is 0 Å². The standard InChI is InChI=1S/C25H46O15/c26-3-4-31-5-6-32-7-8-33-9-10-34-11-12-35-13-14-36-15-16-37-17-18-38-19-20-39-21-22-40-24(28)2-1-23(27)25(29)30/h26H,1-22H2,(H,29,30). The van der Waals surface area contributed by atoms with Gasteiger partial charge in [0.05, 0.1) is 132 Å². The average molecular weight is 587 g/mol. The second kappa shape index (κ2) is 31.7. The molecule has 0 saturated heterocycles. The molecule has 40 heavy (non-hydrogen) atoms. The van der Waals surface area contributed by atoms with Crippen LogP contribution in [-0.4, -0.2) is 160 Å². The fraction of sp³-hybridized carbons (Fsp3) is 0.880. The van der Waals surface area contributed by atoms with Gasteiger partial charge in [-0.3, -0.25) is 9.59 Å². The third-order valence-corrected chi connectivity index (χ3v) is 4.50. The molecule has 0 aromatic carbocycles. The Balaban J connectivity index is 3.12. The molecule has 0 bridgehead atoms. The van der Waals surface area contributed by atoms with Crippen LogP contribution >= 0.6 is 0 Å². The average Bonchev–Trinajstić information content (AvgIpc) is 2.95. The van der Waals surface area contributed by atoms with Crippen molar-refractivity contribution in [1.29, 1.82) is 0 Å². The van der Waals surface area contributed by atoms with Gasteiger partial charge < -0.3 is 57.6 Å². The van der Waals surface area contributed by atoms with Gasteiger partial charge in [0.2, 0.25) is 5.78 Å². The molecule has 0 aromatic heterocycles. The Kier molecular flexibility index (Phi) is 30.3. The number of carbonyl (C=O) groups is 3. The lowest BCUT2D eigenvalue weighted by molar-refractivity contribution is -0.151. The van der Waals surface area contributed by atoms with E-state index in [1.807, 2.05) is 0 Å². The quantitative estimate of drug-likeness (QED) is 0.0548. The first-order valence-corrected chi connectivity index (χ1v) is 13.3. The molecule has 0 aromatic rings. The molecule has 0 amide bonds. The van der Waals surface area contributed by atoms with Crippen LogP contribution < -0.4 is 0 Å². The predicted molar refractivity (Wildman–Crippen MR) is 137 cm³/mol. The summed E-state index contributed by atoms with van der Waals surface area (Å²) in [5, 5.41) is 17.0. The van der Waals surface area contributed by atoms with E-state index < -0.39 is 17.7 Å². The van der Waals surface area contributed by atoms with Crippen LogP contribution in [0.1, 0.15) is 12.8 Å². The Bertz CT molecular complexity index is 591. The van der Waals surface area contributed by atoms with E-state index in [-0.39, 0.29) is 32.7 Å². The summed E-state index contributed by atoms with van der Waals surface area (Å²) in [5.41, 5.74) is 0. The Hall–Kier alpha value is -1.79. The number of carbonyl (C=O) groups excluding carboxylic acids is 2. The first-order chi connectivity index (χ1) is 19.6. The molecule has 0 radical (unpaired) electrons. The summed E-state index contributed by atoms with van der Waals surface area (Å²) in [6.45, 7) is 7.63. The first-order valence-electron chi connectivity index (χ1n) is 13.3. The van der Waals surface area contributed by atoms with Crippen LogP contribution in [0.3, 0.4) is 0 Å². The predicted octanol–water partition coefficient (Wildman–Crippen LogP) is -0.895. The molecule has 0 unspecified atom stereocenters. The van der Waals surface area contributed by atoms with Gasteiger partial charge in [0.15, 0.2) is 0 Å². The Morgan fingerprint density at radius 1 is 0.400 bits per heavy atom. The third kappa shape index (κ3) is 30.7. The third-order valence-electron chi connectivity index (χ3n) is 4.50. The molecule has 0 saturated carbocycles. The van der Waals surface area contributed by atoms with Crippen LogP contribution in [0.4, 0.5) is 0 Å². The number of aliphatic hydroxyl groups is 1. The van der Waals surface area contributed by atoms with Crippen molar-refractivity contribution >= 4 is 17.7 Å². The van der Waals surface area contributed by atoms with E-state index in [1.54, 1.807) is 0 Å². The molecular formula is C25H46O15. The topological polar surface area (TPSA) is 184 Å². The van der Waals surface area contributed by atoms with Gasteiger partial charge in [0.1, 0.15) is 6.61 Å². The normalized spacial score (nSPS) is 11.1. The number of carboxylic acid groups (broad SMARTS) is 1. The number of hydrogen-bond acceptors (Lipinski definition) is 14. The van der Waals surface area contributed by atoms with E-state index >= 15 is 0 Å². The smallest absolute Gasteiger partial charge is 0.372 e. The van der Waals surface area contributed by atoms with Crippen LogP contribution in [-0.2, 0) is 61.8 Å². The van der Waals surface area contributed by atoms with E-state index in [0.29, 0.717) is 112 Å². The zero-order chi connectivity index (χ0) is 29.4. The van der Waals surface area contributed by atoms with Gasteiger partial charge in [-0.25, -0.2) is 4.79 Å². The number of ether oxygens (including phenoxy) is 10. The van der Waals surface area contributed by atoms with Gasteiger partial charge in [-0.05, 0) is 0 Å². The lowest BCUT2D eigenvalue weighted by Gasteiger charge is -2.09. The minimum absolute atomic E-state index is 0.0126. The van der Waals surface area contributed by atoms with Gasteiger partial charge in [0, 0.05) is 6.42 Å². The summed E-state index contributed by atoms with van der Waals surface area (Å²) in [6.07, 6.45) is -0.659. The van der Waals surface area contributed by atoms with Gasteiger partial charge in [-0.2, -0.15) is 0 Å². The summed E-state index contributed by atoms with van der Waals surface area (Å²) in [7, 11) is 0. The van der Waals surface area contributed by atoms with Crippen molar-refractivity contribution in [3.63, 3.8) is 0 Å². The molecule has 236 valence electrons. The highest BCUT2D eigenvalue weighted by atomic mass is 16.6. The highest BCUT2D eigenvalue weighted by Crippen LogP contribution is 1.95. The van der Waals surface area contributed by atoms with Crippen LogP contribution in [0, 0.1) is 0 Å². The Morgan fingerprint density at radius 3 is 0.950 bits per heavy atom. The van der Waals surface area contributed by atoms with Crippen molar-refractivity contribution in [2.75, 3.05) is 132 Å². The zero-order valence-electron chi connectivity index (χ0n) is 23.3. The first kappa shape index (κ1) is 38.2. The minimum Gasteiger partial charge on any atom is -0.476 e. The summed E-state index contributed by atoms with van der Waals surface area (Å²) in [5.74, 6) is -3.24. The molecule has 15 nitrogen and oxygen atoms in total. The molecule has 0 fully saturated rings. The maximum absolute atomic E-state index is 11.3. The number of carboxylic acids is 1. The van der Waals surface area contributed by atoms with Crippen molar-refractivity contribution in [3.05, 3.63) is 0 Å². The van der Waals surface area contributed by atoms with Gasteiger partial charge in [-0.1, -0.05) is 0 Å². The molecule has 0 rings (SSSR count). The van der Waals surface area contributed by atoms with Crippen molar-refractivity contribution in [1.82, 2.24) is 0 Å². The molecule has 0 atom stereocenters. The number of aliphatic carboxylic acids is 1. The number of esters is 1. The maximum Gasteiger partial charge on any atom is 0.372 e. The van der Waals surface area contributed by atoms with Gasteiger partial charge in [-0.15, -0.1) is 0 Å². The number of hydrogen-bond donors (Lipinski definition) is 2. The van der Waals surface area contributed by atoms with E-state index in [1.165, 1.54) is 0 Å². The minimum atomic E-state index is -1.56. The Labute approximate surface area is 235 Å². The van der Waals surface area contributed by atoms with E-state index in [2.05, 4.69) is 0 Å². The van der Waals surface area contributed by atoms with E-state index in [9.17, 15) is 14.4 Å². The van der Waals surface area contributed by atoms with Gasteiger partial charge >= 0.3 is 11.9 Å². The lowest BCUT2D eigenvalue weighted by atomic mass is 10.2. The molecule has 0 aliphatic heterocycles. The van der Waals surface area contributed by atoms with Crippen molar-refractivity contribution in [3.8, 4) is 0 Å². The summed E-state index contributed by atoms with van der Waals surface area (Å²) < 4.78 is 52.7. The fourth-order valence-corrected chi connectivity index (χ4v) is 2.54. The Morgan fingerprint density at radius 2 is 0.675 bits per heavy atom. The summed E-state index contributed by atoms with van der Waals surface area (Å²) in [6, 6.07) is 0. The second-order valence-electron chi connectivity index (χ2n) is 7.68. The number of ketones is 1. The molecular weight excluding hydrogens is 540 g/mol. The zero-order valence-corrected chi connectivity index (χ0v) is 23.3. The molecule has 0 aliphatic carbocycles. The van der Waals surface area contributed by atoms with Crippen LogP contribution in [0.15, 0.2) is 0 Å². The highest BCUT2D eigenvalue weighted by Gasteiger charge is 2.14. The van der Waals surface area contributed by atoms with Crippen LogP contribution in [0.25, 0.3) is 0 Å². The second-order valence-corrected chi connectivity index (χ2v) is 7.68. The SMILES string of the molecule is O=C(CCC(=O)C(=O)O)OCCOCCOCCOCCOCCOCCOCCOCCOCCOCCO. The van der Waals surface area contributed by atoms with Gasteiger partial charge in [0.25, 0.3) is 0 Å². The monoisotopic (exact) mass is 586 g/mol. The number of aliphatic hydroxyl groups excluding tert-OH is 1. The number of Topliss-reactive ketones (excluding diaryl/α,β-unsaturated/α-hetero) is 1. The molecule has 0 spiro atoms. The summed E-state index contributed by atoms with van der Waals surface area (Å²) >= 11 is 0. The van der Waals surface area contributed by atoms with Crippen molar-refractivity contribution < 1.29 is 72.0 Å². The molecule has 15 heteroatoms. The fourth-order valence-electron chi connectivity index (χ4n) is 2.54. The van der Waals surface area contributed by atoms with Crippen molar-refractivity contribution in [2.45, 2.75) is 12.8 Å². The summed E-state index contributed by atoms with van der Waals surface area (Å²) in [4.78, 5) is 32.5. The molecule has 0 heterocycles. The van der Waals surface area contributed by atoms with E-state index in [0.717, 1.165) is 0 Å². The molecule has 0 aliphatic rings. The van der Waals surface area contributed by atoms with E-state index in [4.69, 9.17) is 57.6 Å².